The highest BCUT2D eigenvalue weighted by Gasteiger charge is 2.41. The molecule has 3 rings (SSSR count). The molecule has 1 N–H and O–H groups in total. The Balaban J connectivity index is 1.44. The molecule has 20 heavy (non-hydrogen) atoms. The van der Waals surface area contributed by atoms with Crippen LogP contribution < -0.4 is 5.32 Å². The van der Waals surface area contributed by atoms with Crippen LogP contribution in [0.2, 0.25) is 0 Å². The molecule has 1 aromatic heterocycles. The molecule has 0 aromatic carbocycles. The van der Waals surface area contributed by atoms with E-state index in [1.807, 2.05) is 17.0 Å². The lowest BCUT2D eigenvalue weighted by atomic mass is 10.1. The minimum Gasteiger partial charge on any atom is -0.355 e. The largest absolute Gasteiger partial charge is 0.355 e. The van der Waals surface area contributed by atoms with E-state index in [2.05, 4.69) is 10.3 Å². The van der Waals surface area contributed by atoms with Crippen molar-refractivity contribution in [1.29, 1.82) is 0 Å². The van der Waals surface area contributed by atoms with E-state index >= 15 is 0 Å². The summed E-state index contributed by atoms with van der Waals surface area (Å²) in [7, 11) is 0. The molecule has 2 fully saturated rings. The summed E-state index contributed by atoms with van der Waals surface area (Å²) in [6.07, 6.45) is 6.88. The third-order valence-corrected chi connectivity index (χ3v) is 3.95. The highest BCUT2D eigenvalue weighted by atomic mass is 16.2. The normalized spacial score (nSPS) is 22.1. The van der Waals surface area contributed by atoms with Crippen molar-refractivity contribution in [2.75, 3.05) is 13.1 Å². The third kappa shape index (κ3) is 2.98. The molecule has 0 radical (unpaired) electrons. The smallest absolute Gasteiger partial charge is 0.225 e. The lowest BCUT2D eigenvalue weighted by Gasteiger charge is -2.15. The summed E-state index contributed by atoms with van der Waals surface area (Å²) >= 11 is 0. The Morgan fingerprint density at radius 1 is 1.45 bits per heavy atom. The second kappa shape index (κ2) is 5.61. The second-order valence-corrected chi connectivity index (χ2v) is 5.58. The second-order valence-electron chi connectivity index (χ2n) is 5.58. The van der Waals surface area contributed by atoms with Crippen LogP contribution in [0.4, 0.5) is 0 Å². The van der Waals surface area contributed by atoms with E-state index in [9.17, 15) is 9.59 Å². The Morgan fingerprint density at radius 2 is 2.30 bits per heavy atom. The number of rotatable bonds is 5. The van der Waals surface area contributed by atoms with Gasteiger partial charge >= 0.3 is 0 Å². The fraction of sp³-hybridized carbons (Fsp3) is 0.533. The summed E-state index contributed by atoms with van der Waals surface area (Å²) in [6.45, 7) is 1.20. The Labute approximate surface area is 118 Å². The highest BCUT2D eigenvalue weighted by Crippen LogP contribution is 2.32. The molecule has 2 amide bonds. The fourth-order valence-electron chi connectivity index (χ4n) is 2.67. The zero-order valence-electron chi connectivity index (χ0n) is 11.4. The monoisotopic (exact) mass is 273 g/mol. The number of carbonyl (C=O) groups is 2. The van der Waals surface area contributed by atoms with E-state index < -0.39 is 0 Å². The average molecular weight is 273 g/mol. The van der Waals surface area contributed by atoms with Crippen LogP contribution in [-0.2, 0) is 16.0 Å². The van der Waals surface area contributed by atoms with E-state index in [0.717, 1.165) is 24.8 Å². The summed E-state index contributed by atoms with van der Waals surface area (Å²) in [6, 6.07) is 4.30. The highest BCUT2D eigenvalue weighted by molar-refractivity contribution is 5.89. The van der Waals surface area contributed by atoms with E-state index in [-0.39, 0.29) is 17.7 Å². The molecular weight excluding hydrogens is 254 g/mol. The van der Waals surface area contributed by atoms with Gasteiger partial charge in [-0.25, -0.2) is 0 Å². The molecule has 0 spiro atoms. The SMILES string of the molecule is O=C(NCCc1cccnc1)[C@H]1CC(=O)N(C2CC2)C1. The molecule has 0 unspecified atom stereocenters. The summed E-state index contributed by atoms with van der Waals surface area (Å²) in [4.78, 5) is 29.8. The predicted molar refractivity (Wildman–Crippen MR) is 73.8 cm³/mol. The molecule has 1 atom stereocenters. The van der Waals surface area contributed by atoms with E-state index in [4.69, 9.17) is 0 Å². The third-order valence-electron chi connectivity index (χ3n) is 3.95. The Bertz CT molecular complexity index is 499. The number of aromatic nitrogens is 1. The van der Waals surface area contributed by atoms with Gasteiger partial charge in [0.25, 0.3) is 0 Å². The van der Waals surface area contributed by atoms with Crippen molar-refractivity contribution < 1.29 is 9.59 Å². The lowest BCUT2D eigenvalue weighted by molar-refractivity contribution is -0.129. The number of nitrogens with one attached hydrogen (secondary N) is 1. The number of pyridine rings is 1. The fourth-order valence-corrected chi connectivity index (χ4v) is 2.67. The van der Waals surface area contributed by atoms with Gasteiger partial charge in [0.15, 0.2) is 0 Å². The van der Waals surface area contributed by atoms with Crippen LogP contribution in [0.3, 0.4) is 0 Å². The van der Waals surface area contributed by atoms with Crippen molar-refractivity contribution in [2.45, 2.75) is 31.7 Å². The molecule has 1 aromatic rings. The van der Waals surface area contributed by atoms with Crippen LogP contribution in [0, 0.1) is 5.92 Å². The first-order valence-electron chi connectivity index (χ1n) is 7.20. The van der Waals surface area contributed by atoms with Crippen molar-refractivity contribution in [3.05, 3.63) is 30.1 Å². The zero-order valence-corrected chi connectivity index (χ0v) is 11.4. The van der Waals surface area contributed by atoms with E-state index in [0.29, 0.717) is 25.6 Å². The first-order valence-corrected chi connectivity index (χ1v) is 7.20. The summed E-state index contributed by atoms with van der Waals surface area (Å²) in [5.41, 5.74) is 1.11. The van der Waals surface area contributed by atoms with Crippen molar-refractivity contribution in [2.24, 2.45) is 5.92 Å². The van der Waals surface area contributed by atoms with Crippen LogP contribution in [0.15, 0.2) is 24.5 Å². The molecule has 2 heterocycles. The molecule has 1 aliphatic carbocycles. The first-order chi connectivity index (χ1) is 9.74. The molecule has 106 valence electrons. The van der Waals surface area contributed by atoms with Crippen molar-refractivity contribution in [3.63, 3.8) is 0 Å². The van der Waals surface area contributed by atoms with Crippen LogP contribution in [0.1, 0.15) is 24.8 Å². The van der Waals surface area contributed by atoms with Crippen LogP contribution in [0.5, 0.6) is 0 Å². The summed E-state index contributed by atoms with van der Waals surface area (Å²) in [5, 5.41) is 2.93. The van der Waals surface area contributed by atoms with Gasteiger partial charge in [0.05, 0.1) is 5.92 Å². The van der Waals surface area contributed by atoms with Crippen LogP contribution in [-0.4, -0.2) is 40.8 Å². The minimum atomic E-state index is -0.169. The quantitative estimate of drug-likeness (QED) is 0.861. The summed E-state index contributed by atoms with van der Waals surface area (Å²) < 4.78 is 0. The molecule has 5 heteroatoms. The van der Waals surface area contributed by atoms with Crippen LogP contribution >= 0.6 is 0 Å². The number of likely N-dealkylation sites (tertiary alicyclic amines) is 1. The maximum absolute atomic E-state index is 12.1. The molecule has 2 aliphatic rings. The van der Waals surface area contributed by atoms with Gasteiger partial charge in [-0.3, -0.25) is 14.6 Å². The standard InChI is InChI=1S/C15H19N3O2/c19-14-8-12(10-18(14)13-3-4-13)15(20)17-7-5-11-2-1-6-16-9-11/h1-2,6,9,12-13H,3-5,7-8,10H2,(H,17,20)/t12-/m0/s1. The van der Waals surface area contributed by atoms with Crippen molar-refractivity contribution in [1.82, 2.24) is 15.2 Å². The number of amides is 2. The van der Waals surface area contributed by atoms with E-state index in [1.54, 1.807) is 12.4 Å². The average Bonchev–Trinajstić information content (AvgIpc) is 3.23. The Hall–Kier alpha value is -1.91. The van der Waals surface area contributed by atoms with Gasteiger partial charge in [-0.05, 0) is 30.9 Å². The van der Waals surface area contributed by atoms with Gasteiger partial charge in [-0.1, -0.05) is 6.07 Å². The minimum absolute atomic E-state index is 0.00499. The topological polar surface area (TPSA) is 62.3 Å². The molecule has 0 bridgehead atoms. The molecule has 5 nitrogen and oxygen atoms in total. The lowest BCUT2D eigenvalue weighted by Crippen LogP contribution is -2.34. The van der Waals surface area contributed by atoms with Gasteiger partial charge in [0.1, 0.15) is 0 Å². The first kappa shape index (κ1) is 13.1. The molecule has 1 aliphatic heterocycles. The number of hydrogen-bond donors (Lipinski definition) is 1. The number of hydrogen-bond acceptors (Lipinski definition) is 3. The predicted octanol–water partition coefficient (Wildman–Crippen LogP) is 0.751. The van der Waals surface area contributed by atoms with E-state index in [1.165, 1.54) is 0 Å². The summed E-state index contributed by atoms with van der Waals surface area (Å²) in [5.74, 6) is -0.0256. The van der Waals surface area contributed by atoms with Crippen molar-refractivity contribution >= 4 is 11.8 Å². The number of nitrogens with zero attached hydrogens (tertiary/aromatic N) is 2. The van der Waals surface area contributed by atoms with Crippen molar-refractivity contribution in [3.8, 4) is 0 Å². The Kier molecular flexibility index (Phi) is 3.67. The molecule has 1 saturated heterocycles. The van der Waals surface area contributed by atoms with Gasteiger partial charge in [0, 0.05) is 37.9 Å². The van der Waals surface area contributed by atoms with Gasteiger partial charge in [-0.15, -0.1) is 0 Å². The van der Waals surface area contributed by atoms with Gasteiger partial charge < -0.3 is 10.2 Å². The maximum atomic E-state index is 12.1. The Morgan fingerprint density at radius 3 is 3.00 bits per heavy atom. The molecule has 1 saturated carbocycles. The molecular formula is C15H19N3O2. The zero-order chi connectivity index (χ0) is 13.9. The van der Waals surface area contributed by atoms with Crippen LogP contribution in [0.25, 0.3) is 0 Å². The van der Waals surface area contributed by atoms with Gasteiger partial charge in [-0.2, -0.15) is 0 Å². The van der Waals surface area contributed by atoms with Gasteiger partial charge in [0.2, 0.25) is 11.8 Å². The maximum Gasteiger partial charge on any atom is 0.225 e. The number of carbonyl (C=O) groups excluding carboxylic acids is 2.